The number of hydrogen-bond donors (Lipinski definition) is 1. The highest BCUT2D eigenvalue weighted by Crippen LogP contribution is 2.26. The van der Waals surface area contributed by atoms with Gasteiger partial charge >= 0.3 is 0 Å². The summed E-state index contributed by atoms with van der Waals surface area (Å²) in [4.78, 5) is 26.9. The molecule has 0 aliphatic rings. The molecule has 0 aliphatic heterocycles. The van der Waals surface area contributed by atoms with Gasteiger partial charge in [0.25, 0.3) is 5.69 Å². The fraction of sp³-hybridized carbons (Fsp3) is 0.158. The Morgan fingerprint density at radius 3 is 2.81 bits per heavy atom. The number of nitrogens with one attached hydrogen (secondary N) is 1. The van der Waals surface area contributed by atoms with E-state index in [4.69, 9.17) is 4.42 Å². The summed E-state index contributed by atoms with van der Waals surface area (Å²) in [5.41, 5.74) is 1.71. The third-order valence-corrected chi connectivity index (χ3v) is 4.50. The summed E-state index contributed by atoms with van der Waals surface area (Å²) in [6.45, 7) is 1.60. The van der Waals surface area contributed by atoms with Crippen molar-refractivity contribution in [2.45, 2.75) is 19.8 Å². The number of nitro benzene ring substituents is 1. The quantitative estimate of drug-likeness (QED) is 0.444. The minimum atomic E-state index is -0.471. The summed E-state index contributed by atoms with van der Waals surface area (Å²) in [5, 5.41) is 13.7. The van der Waals surface area contributed by atoms with E-state index in [9.17, 15) is 14.9 Å². The number of aromatic nitrogens is 1. The molecule has 138 valence electrons. The molecule has 0 saturated carbocycles. The van der Waals surface area contributed by atoms with Crippen molar-refractivity contribution in [2.24, 2.45) is 0 Å². The van der Waals surface area contributed by atoms with Crippen LogP contribution in [0.15, 0.2) is 57.6 Å². The fourth-order valence-corrected chi connectivity index (χ4v) is 2.99. The highest BCUT2D eigenvalue weighted by Gasteiger charge is 2.15. The highest BCUT2D eigenvalue weighted by atomic mass is 79.9. The molecule has 3 aromatic rings. The number of benzene rings is 2. The lowest BCUT2D eigenvalue weighted by atomic mass is 10.1. The number of oxazole rings is 1. The number of carbonyl (C=O) groups is 1. The molecule has 8 heteroatoms. The number of amides is 1. The van der Waals surface area contributed by atoms with Crippen LogP contribution in [0.5, 0.6) is 0 Å². The van der Waals surface area contributed by atoms with Crippen molar-refractivity contribution < 1.29 is 14.1 Å². The lowest BCUT2D eigenvalue weighted by Crippen LogP contribution is -2.13. The molecule has 1 aromatic heterocycles. The summed E-state index contributed by atoms with van der Waals surface area (Å²) in [5.74, 6) is 0.818. The van der Waals surface area contributed by atoms with Gasteiger partial charge in [0.05, 0.1) is 22.4 Å². The molecule has 1 amide bonds. The molecular weight excluding hydrogens is 414 g/mol. The molecule has 7 nitrogen and oxygen atoms in total. The minimum absolute atomic E-state index is 0.0286. The normalized spacial score (nSPS) is 10.6. The summed E-state index contributed by atoms with van der Waals surface area (Å²) in [6.07, 6.45) is 2.11. The number of rotatable bonds is 6. The molecule has 0 atom stereocenters. The van der Waals surface area contributed by atoms with Crippen LogP contribution in [0.1, 0.15) is 17.9 Å². The van der Waals surface area contributed by atoms with Gasteiger partial charge in [-0.1, -0.05) is 34.1 Å². The van der Waals surface area contributed by atoms with Crippen molar-refractivity contribution in [2.75, 3.05) is 5.32 Å². The van der Waals surface area contributed by atoms with E-state index in [0.717, 1.165) is 10.0 Å². The Hall–Kier alpha value is -3.00. The van der Waals surface area contributed by atoms with E-state index in [0.29, 0.717) is 29.3 Å². The lowest BCUT2D eigenvalue weighted by Gasteiger charge is -2.08. The van der Waals surface area contributed by atoms with Crippen molar-refractivity contribution in [3.8, 4) is 11.3 Å². The van der Waals surface area contributed by atoms with E-state index in [1.165, 1.54) is 6.07 Å². The van der Waals surface area contributed by atoms with Crippen LogP contribution in [0, 0.1) is 17.0 Å². The Bertz CT molecular complexity index is 1000. The van der Waals surface area contributed by atoms with E-state index in [1.54, 1.807) is 25.3 Å². The van der Waals surface area contributed by atoms with Gasteiger partial charge in [-0.25, -0.2) is 4.98 Å². The summed E-state index contributed by atoms with van der Waals surface area (Å²) >= 11 is 3.41. The second-order valence-corrected chi connectivity index (χ2v) is 6.80. The Morgan fingerprint density at radius 1 is 1.30 bits per heavy atom. The standard InChI is InChI=1S/C19H16BrN3O4/c1-12-15(6-3-7-16(12)23(25)26)22-18(24)8-9-19-21-11-17(27-19)13-4-2-5-14(20)10-13/h2-7,10-11H,8-9H2,1H3,(H,22,24). The number of carbonyl (C=O) groups excluding carboxylic acids is 1. The number of aryl methyl sites for hydroxylation is 1. The number of halogens is 1. The first-order valence-corrected chi connectivity index (χ1v) is 8.98. The first-order chi connectivity index (χ1) is 12.9. The van der Waals surface area contributed by atoms with Gasteiger partial charge in [-0.3, -0.25) is 14.9 Å². The van der Waals surface area contributed by atoms with Gasteiger partial charge in [-0.15, -0.1) is 0 Å². The van der Waals surface area contributed by atoms with Crippen LogP contribution in [0.3, 0.4) is 0 Å². The van der Waals surface area contributed by atoms with Crippen LogP contribution in [-0.2, 0) is 11.2 Å². The summed E-state index contributed by atoms with van der Waals surface area (Å²) < 4.78 is 6.63. The average Bonchev–Trinajstić information content (AvgIpc) is 3.10. The maximum Gasteiger partial charge on any atom is 0.274 e. The van der Waals surface area contributed by atoms with E-state index >= 15 is 0 Å². The smallest absolute Gasteiger partial charge is 0.274 e. The number of nitrogens with zero attached hydrogens (tertiary/aromatic N) is 2. The van der Waals surface area contributed by atoms with E-state index < -0.39 is 4.92 Å². The van der Waals surface area contributed by atoms with Gasteiger partial charge < -0.3 is 9.73 Å². The van der Waals surface area contributed by atoms with Crippen molar-refractivity contribution in [3.05, 3.63) is 74.7 Å². The number of nitro groups is 1. The van der Waals surface area contributed by atoms with Crippen molar-refractivity contribution in [1.29, 1.82) is 0 Å². The SMILES string of the molecule is Cc1c(NC(=O)CCc2ncc(-c3cccc(Br)c3)o2)cccc1[N+](=O)[O-]. The van der Waals surface area contributed by atoms with Crippen molar-refractivity contribution in [1.82, 2.24) is 4.98 Å². The molecule has 0 aliphatic carbocycles. The fourth-order valence-electron chi connectivity index (χ4n) is 2.59. The van der Waals surface area contributed by atoms with E-state index in [-0.39, 0.29) is 18.0 Å². The molecule has 0 bridgehead atoms. The van der Waals surface area contributed by atoms with Gasteiger partial charge in [0.1, 0.15) is 0 Å². The first-order valence-electron chi connectivity index (χ1n) is 8.18. The second-order valence-electron chi connectivity index (χ2n) is 5.88. The van der Waals surface area contributed by atoms with Gasteiger partial charge in [0.2, 0.25) is 5.91 Å². The van der Waals surface area contributed by atoms with Crippen LogP contribution in [0.25, 0.3) is 11.3 Å². The molecule has 0 spiro atoms. The van der Waals surface area contributed by atoms with E-state index in [1.807, 2.05) is 24.3 Å². The molecule has 1 heterocycles. The Kier molecular flexibility index (Phi) is 5.66. The zero-order valence-electron chi connectivity index (χ0n) is 14.4. The van der Waals surface area contributed by atoms with Gasteiger partial charge in [0.15, 0.2) is 11.7 Å². The molecule has 0 saturated heterocycles. The first kappa shape index (κ1) is 18.8. The van der Waals surface area contributed by atoms with Crippen LogP contribution in [0.2, 0.25) is 0 Å². The second kappa shape index (κ2) is 8.13. The molecule has 1 N–H and O–H groups in total. The van der Waals surface area contributed by atoms with Crippen LogP contribution in [-0.4, -0.2) is 15.8 Å². The number of hydrogen-bond acceptors (Lipinski definition) is 5. The predicted molar refractivity (Wildman–Crippen MR) is 104 cm³/mol. The summed E-state index contributed by atoms with van der Waals surface area (Å²) in [7, 11) is 0. The Morgan fingerprint density at radius 2 is 2.07 bits per heavy atom. The van der Waals surface area contributed by atoms with Gasteiger partial charge in [-0.05, 0) is 25.1 Å². The molecule has 2 aromatic carbocycles. The lowest BCUT2D eigenvalue weighted by molar-refractivity contribution is -0.385. The largest absolute Gasteiger partial charge is 0.441 e. The predicted octanol–water partition coefficient (Wildman–Crippen LogP) is 4.89. The zero-order valence-corrected chi connectivity index (χ0v) is 16.0. The van der Waals surface area contributed by atoms with Gasteiger partial charge in [-0.2, -0.15) is 0 Å². The highest BCUT2D eigenvalue weighted by molar-refractivity contribution is 9.10. The third kappa shape index (κ3) is 4.59. The van der Waals surface area contributed by atoms with Gasteiger partial charge in [0, 0.05) is 28.9 Å². The molecule has 0 fully saturated rings. The maximum absolute atomic E-state index is 12.2. The average molecular weight is 430 g/mol. The monoisotopic (exact) mass is 429 g/mol. The minimum Gasteiger partial charge on any atom is -0.441 e. The Balaban J connectivity index is 1.62. The topological polar surface area (TPSA) is 98.3 Å². The van der Waals surface area contributed by atoms with E-state index in [2.05, 4.69) is 26.2 Å². The van der Waals surface area contributed by atoms with Crippen LogP contribution < -0.4 is 5.32 Å². The molecular formula is C19H16BrN3O4. The number of anilines is 1. The van der Waals surface area contributed by atoms with Crippen LogP contribution in [0.4, 0.5) is 11.4 Å². The Labute approximate surface area is 163 Å². The van der Waals surface area contributed by atoms with Crippen molar-refractivity contribution >= 4 is 33.2 Å². The summed E-state index contributed by atoms with van der Waals surface area (Å²) in [6, 6.07) is 12.2. The molecule has 3 rings (SSSR count). The maximum atomic E-state index is 12.2. The molecule has 0 unspecified atom stereocenters. The molecule has 0 radical (unpaired) electrons. The zero-order chi connectivity index (χ0) is 19.4. The van der Waals surface area contributed by atoms with Crippen LogP contribution >= 0.6 is 15.9 Å². The molecule has 27 heavy (non-hydrogen) atoms. The third-order valence-electron chi connectivity index (χ3n) is 4.00. The van der Waals surface area contributed by atoms with Crippen molar-refractivity contribution in [3.63, 3.8) is 0 Å².